The van der Waals surface area contributed by atoms with E-state index >= 15 is 0 Å². The van der Waals surface area contributed by atoms with Crippen molar-refractivity contribution < 1.29 is 19.0 Å². The molecule has 2 aliphatic carbocycles. The lowest BCUT2D eigenvalue weighted by atomic mass is 9.95. The third kappa shape index (κ3) is 5.35. The van der Waals surface area contributed by atoms with Crippen LogP contribution in [0.1, 0.15) is 52.4 Å². The Hall–Kier alpha value is -1.77. The van der Waals surface area contributed by atoms with Crippen LogP contribution in [0.5, 0.6) is 11.9 Å². The lowest BCUT2D eigenvalue weighted by Gasteiger charge is -2.29. The van der Waals surface area contributed by atoms with E-state index in [2.05, 4.69) is 15.3 Å². The maximum Gasteiger partial charge on any atom is 0.297 e. The molecule has 8 nitrogen and oxygen atoms in total. The second-order valence-corrected chi connectivity index (χ2v) is 9.18. The Bertz CT molecular complexity index is 955. The lowest BCUT2D eigenvalue weighted by Crippen LogP contribution is -2.37. The molecule has 0 spiro atoms. The van der Waals surface area contributed by atoms with Crippen molar-refractivity contribution in [2.75, 3.05) is 6.61 Å². The molecule has 2 aromatic rings. The highest BCUT2D eigenvalue weighted by molar-refractivity contribution is 6.39. The molecule has 31 heavy (non-hydrogen) atoms. The first-order chi connectivity index (χ1) is 14.8. The highest BCUT2D eigenvalue weighted by Gasteiger charge is 2.29. The number of nitrogens with one attached hydrogen (secondary N) is 1. The van der Waals surface area contributed by atoms with Crippen LogP contribution < -0.4 is 14.8 Å². The predicted molar refractivity (Wildman–Crippen MR) is 118 cm³/mol. The van der Waals surface area contributed by atoms with Crippen LogP contribution in [0.3, 0.4) is 0 Å². The molecule has 0 aliphatic heterocycles. The molecule has 0 unspecified atom stereocenters. The third-order valence-corrected chi connectivity index (χ3v) is 6.18. The molecule has 2 aliphatic rings. The van der Waals surface area contributed by atoms with Gasteiger partial charge in [0.1, 0.15) is 22.7 Å². The molecule has 2 fully saturated rings. The molecule has 170 valence electrons. The van der Waals surface area contributed by atoms with Crippen LogP contribution in [0.25, 0.3) is 11.0 Å². The van der Waals surface area contributed by atoms with Crippen LogP contribution in [0.4, 0.5) is 0 Å². The van der Waals surface area contributed by atoms with E-state index in [1.165, 1.54) is 6.92 Å². The Morgan fingerprint density at radius 1 is 1.10 bits per heavy atom. The number of ether oxygens (including phenoxy) is 3. The SMILES string of the molecule is CC(=O)N[C@@H](C)CO[C@H]1CC[C@H](Oc2nc3c(Cl)nc(OC4CC4)c(Cl)c3n2C)CC1. The Morgan fingerprint density at radius 2 is 1.71 bits per heavy atom. The molecule has 0 bridgehead atoms. The number of imidazole rings is 1. The maximum absolute atomic E-state index is 11.1. The largest absolute Gasteiger partial charge is 0.473 e. The van der Waals surface area contributed by atoms with Gasteiger partial charge < -0.3 is 19.5 Å². The van der Waals surface area contributed by atoms with Gasteiger partial charge in [-0.25, -0.2) is 0 Å². The first kappa shape index (κ1) is 22.4. The van der Waals surface area contributed by atoms with Gasteiger partial charge in [0.05, 0.1) is 18.2 Å². The summed E-state index contributed by atoms with van der Waals surface area (Å²) in [4.78, 5) is 19.9. The van der Waals surface area contributed by atoms with E-state index in [1.54, 1.807) is 0 Å². The summed E-state index contributed by atoms with van der Waals surface area (Å²) < 4.78 is 19.7. The topological polar surface area (TPSA) is 87.5 Å². The average molecular weight is 471 g/mol. The van der Waals surface area contributed by atoms with Crippen LogP contribution in [0.15, 0.2) is 0 Å². The first-order valence-corrected chi connectivity index (χ1v) is 11.5. The Morgan fingerprint density at radius 3 is 2.35 bits per heavy atom. The van der Waals surface area contributed by atoms with Gasteiger partial charge in [0, 0.05) is 20.0 Å². The smallest absolute Gasteiger partial charge is 0.297 e. The summed E-state index contributed by atoms with van der Waals surface area (Å²) in [5.74, 6) is 0.305. The standard InChI is InChI=1S/C21H28Cl2N4O4/c1-11(24-12(2)28)10-29-13-4-6-15(7-5-13)31-21-25-17-18(27(21)3)16(22)20(26-19(17)23)30-14-8-9-14/h11,13-15H,4-10H2,1-3H3,(H,24,28)/t11-,13-,15-/m0/s1. The van der Waals surface area contributed by atoms with E-state index in [0.717, 1.165) is 38.5 Å². The number of rotatable bonds is 8. The third-order valence-electron chi connectivity index (χ3n) is 5.57. The molecular weight excluding hydrogens is 443 g/mol. The minimum absolute atomic E-state index is 0.00311. The number of hydrogen-bond donors (Lipinski definition) is 1. The second-order valence-electron chi connectivity index (χ2n) is 8.44. The quantitative estimate of drug-likeness (QED) is 0.585. The summed E-state index contributed by atoms with van der Waals surface area (Å²) >= 11 is 12.9. The van der Waals surface area contributed by atoms with Gasteiger partial charge in [0.2, 0.25) is 11.8 Å². The summed E-state index contributed by atoms with van der Waals surface area (Å²) in [6.07, 6.45) is 5.89. The number of carbonyl (C=O) groups excluding carboxylic acids is 1. The Kier molecular flexibility index (Phi) is 6.79. The van der Waals surface area contributed by atoms with Crippen molar-refractivity contribution in [1.29, 1.82) is 0 Å². The van der Waals surface area contributed by atoms with Crippen LogP contribution in [-0.4, -0.2) is 51.4 Å². The van der Waals surface area contributed by atoms with Crippen LogP contribution in [-0.2, 0) is 16.6 Å². The van der Waals surface area contributed by atoms with Gasteiger partial charge in [-0.1, -0.05) is 23.2 Å². The fourth-order valence-corrected chi connectivity index (χ4v) is 4.34. The van der Waals surface area contributed by atoms with E-state index < -0.39 is 0 Å². The highest BCUT2D eigenvalue weighted by atomic mass is 35.5. The number of fused-ring (bicyclic) bond motifs is 1. The van der Waals surface area contributed by atoms with Crippen molar-refractivity contribution in [1.82, 2.24) is 19.9 Å². The van der Waals surface area contributed by atoms with Crippen molar-refractivity contribution in [2.24, 2.45) is 7.05 Å². The number of halogens is 2. The van der Waals surface area contributed by atoms with E-state index in [9.17, 15) is 4.79 Å². The van der Waals surface area contributed by atoms with Crippen molar-refractivity contribution in [3.63, 3.8) is 0 Å². The van der Waals surface area contributed by atoms with Crippen LogP contribution >= 0.6 is 23.2 Å². The van der Waals surface area contributed by atoms with Gasteiger partial charge in [0.25, 0.3) is 6.01 Å². The number of nitrogens with zero attached hydrogens (tertiary/aromatic N) is 3. The maximum atomic E-state index is 11.1. The summed E-state index contributed by atoms with van der Waals surface area (Å²) in [6.45, 7) is 3.96. The van der Waals surface area contributed by atoms with Crippen molar-refractivity contribution >= 4 is 40.1 Å². The molecule has 0 saturated heterocycles. The summed E-state index contributed by atoms with van der Waals surface area (Å²) in [5.41, 5.74) is 1.17. The molecule has 2 aromatic heterocycles. The lowest BCUT2D eigenvalue weighted by molar-refractivity contribution is -0.120. The molecular formula is C21H28Cl2N4O4. The predicted octanol–water partition coefficient (Wildman–Crippen LogP) is 4.05. The van der Waals surface area contributed by atoms with Gasteiger partial charge >= 0.3 is 0 Å². The molecule has 4 rings (SSSR count). The molecule has 2 saturated carbocycles. The van der Waals surface area contributed by atoms with Crippen molar-refractivity contribution in [2.45, 2.75) is 76.7 Å². The van der Waals surface area contributed by atoms with Crippen molar-refractivity contribution in [3.05, 3.63) is 10.2 Å². The molecule has 2 heterocycles. The number of hydrogen-bond acceptors (Lipinski definition) is 6. The average Bonchev–Trinajstić information content (AvgIpc) is 3.47. The van der Waals surface area contributed by atoms with E-state index in [-0.39, 0.29) is 35.4 Å². The van der Waals surface area contributed by atoms with Crippen LogP contribution in [0, 0.1) is 0 Å². The fourth-order valence-electron chi connectivity index (χ4n) is 3.83. The number of aryl methyl sites for hydroxylation is 1. The van der Waals surface area contributed by atoms with Gasteiger partial charge in [-0.2, -0.15) is 9.97 Å². The normalized spacial score (nSPS) is 22.4. The monoisotopic (exact) mass is 470 g/mol. The van der Waals surface area contributed by atoms with E-state index in [1.807, 2.05) is 18.5 Å². The Labute approximate surface area is 191 Å². The van der Waals surface area contributed by atoms with E-state index in [4.69, 9.17) is 37.4 Å². The van der Waals surface area contributed by atoms with Gasteiger partial charge in [0.15, 0.2) is 5.15 Å². The number of pyridine rings is 1. The zero-order valence-corrected chi connectivity index (χ0v) is 19.5. The summed E-state index contributed by atoms with van der Waals surface area (Å²) in [7, 11) is 1.85. The molecule has 1 N–H and O–H groups in total. The minimum atomic E-state index is -0.0442. The second kappa shape index (κ2) is 9.38. The minimum Gasteiger partial charge on any atom is -0.473 e. The zero-order valence-electron chi connectivity index (χ0n) is 18.0. The zero-order chi connectivity index (χ0) is 22.1. The molecule has 1 atom stereocenters. The molecule has 0 aromatic carbocycles. The van der Waals surface area contributed by atoms with Gasteiger partial charge in [-0.3, -0.25) is 9.36 Å². The van der Waals surface area contributed by atoms with Gasteiger partial charge in [-0.15, -0.1) is 0 Å². The summed E-state index contributed by atoms with van der Waals surface area (Å²) in [6, 6.07) is 0.469. The molecule has 10 heteroatoms. The van der Waals surface area contributed by atoms with Crippen molar-refractivity contribution in [3.8, 4) is 11.9 Å². The first-order valence-electron chi connectivity index (χ1n) is 10.7. The molecule has 0 radical (unpaired) electrons. The highest BCUT2D eigenvalue weighted by Crippen LogP contribution is 2.39. The Balaban J connectivity index is 1.37. The number of amides is 1. The van der Waals surface area contributed by atoms with E-state index in [0.29, 0.717) is 34.6 Å². The fraction of sp³-hybridized carbons (Fsp3) is 0.667. The summed E-state index contributed by atoms with van der Waals surface area (Å²) in [5, 5.41) is 3.49. The number of aromatic nitrogens is 3. The molecule has 1 amide bonds. The number of carbonyl (C=O) groups is 1. The van der Waals surface area contributed by atoms with Crippen LogP contribution in [0.2, 0.25) is 10.2 Å². The van der Waals surface area contributed by atoms with Gasteiger partial charge in [-0.05, 0) is 45.4 Å².